The standard InChI is InChI=1S/C8H10Cl3NO2/c9-8(10,11)7(13)5-3-1-2-4-6(5)12-14-7/h5,13H,1-4H2. The maximum Gasteiger partial charge on any atom is 0.290 e. The smallest absolute Gasteiger partial charge is 0.290 e. The van der Waals surface area contributed by atoms with Gasteiger partial charge in [-0.3, -0.25) is 0 Å². The Kier molecular flexibility index (Phi) is 2.63. The fourth-order valence-corrected chi connectivity index (χ4v) is 2.47. The third-order valence-corrected chi connectivity index (χ3v) is 3.57. The second-order valence-corrected chi connectivity index (χ2v) is 5.95. The number of rotatable bonds is 0. The van der Waals surface area contributed by atoms with Crippen molar-refractivity contribution in [3.63, 3.8) is 0 Å². The molecule has 0 spiro atoms. The third-order valence-electron chi connectivity index (χ3n) is 2.76. The van der Waals surface area contributed by atoms with Gasteiger partial charge in [-0.25, -0.2) is 0 Å². The lowest BCUT2D eigenvalue weighted by molar-refractivity contribution is -0.206. The molecule has 2 rings (SSSR count). The highest BCUT2D eigenvalue weighted by Gasteiger charge is 2.60. The van der Waals surface area contributed by atoms with Gasteiger partial charge in [0.2, 0.25) is 0 Å². The van der Waals surface area contributed by atoms with Crippen LogP contribution in [0.1, 0.15) is 25.7 Å². The molecule has 0 radical (unpaired) electrons. The van der Waals surface area contributed by atoms with Crippen molar-refractivity contribution in [2.24, 2.45) is 11.1 Å². The van der Waals surface area contributed by atoms with E-state index in [1.54, 1.807) is 0 Å². The van der Waals surface area contributed by atoms with Crippen LogP contribution in [0.5, 0.6) is 0 Å². The highest BCUT2D eigenvalue weighted by atomic mass is 35.6. The van der Waals surface area contributed by atoms with E-state index in [4.69, 9.17) is 39.6 Å². The molecule has 14 heavy (non-hydrogen) atoms. The maximum atomic E-state index is 10.1. The van der Waals surface area contributed by atoms with Crippen LogP contribution in [0.2, 0.25) is 0 Å². The van der Waals surface area contributed by atoms with Crippen LogP contribution in [0, 0.1) is 5.92 Å². The molecule has 0 aromatic heterocycles. The lowest BCUT2D eigenvalue weighted by Crippen LogP contribution is -2.50. The van der Waals surface area contributed by atoms with Gasteiger partial charge in [-0.05, 0) is 19.3 Å². The summed E-state index contributed by atoms with van der Waals surface area (Å²) < 4.78 is -1.86. The van der Waals surface area contributed by atoms with Crippen molar-refractivity contribution in [2.45, 2.75) is 35.3 Å². The normalized spacial score (nSPS) is 37.4. The van der Waals surface area contributed by atoms with Crippen molar-refractivity contribution in [3.05, 3.63) is 0 Å². The van der Waals surface area contributed by atoms with Crippen LogP contribution in [-0.2, 0) is 4.84 Å². The van der Waals surface area contributed by atoms with E-state index >= 15 is 0 Å². The Bertz CT molecular complexity index is 276. The average molecular weight is 259 g/mol. The molecule has 0 aromatic carbocycles. The van der Waals surface area contributed by atoms with Gasteiger partial charge in [0.05, 0.1) is 11.6 Å². The molecule has 1 N–H and O–H groups in total. The van der Waals surface area contributed by atoms with Crippen LogP contribution in [0.4, 0.5) is 0 Å². The zero-order valence-electron chi connectivity index (χ0n) is 7.34. The van der Waals surface area contributed by atoms with Gasteiger partial charge in [0.25, 0.3) is 9.58 Å². The zero-order valence-corrected chi connectivity index (χ0v) is 9.61. The summed E-state index contributed by atoms with van der Waals surface area (Å²) in [6.07, 6.45) is 3.61. The summed E-state index contributed by atoms with van der Waals surface area (Å²) in [4.78, 5) is 4.90. The number of hydrogen-bond acceptors (Lipinski definition) is 3. The molecule has 2 unspecified atom stereocenters. The third kappa shape index (κ3) is 1.51. The quantitative estimate of drug-likeness (QED) is 0.679. The number of hydrogen-bond donors (Lipinski definition) is 1. The molecule has 0 saturated heterocycles. The minimum absolute atomic E-state index is 0.274. The van der Waals surface area contributed by atoms with Crippen LogP contribution >= 0.6 is 34.8 Å². The first kappa shape index (κ1) is 10.8. The van der Waals surface area contributed by atoms with E-state index in [1.165, 1.54) is 0 Å². The van der Waals surface area contributed by atoms with Gasteiger partial charge in [-0.2, -0.15) is 0 Å². The molecule has 1 fully saturated rings. The lowest BCUT2D eigenvalue weighted by Gasteiger charge is -2.34. The Morgan fingerprint density at radius 1 is 1.43 bits per heavy atom. The fourth-order valence-electron chi connectivity index (χ4n) is 1.97. The van der Waals surface area contributed by atoms with E-state index < -0.39 is 9.58 Å². The number of nitrogens with zero attached hydrogens (tertiary/aromatic N) is 1. The van der Waals surface area contributed by atoms with Gasteiger partial charge in [0.1, 0.15) is 0 Å². The van der Waals surface area contributed by atoms with E-state index in [-0.39, 0.29) is 5.92 Å². The number of halogens is 3. The molecular formula is C8H10Cl3NO2. The molecule has 0 bridgehead atoms. The Hall–Kier alpha value is 0.300. The molecule has 0 amide bonds. The SMILES string of the molecule is OC1(C(Cl)(Cl)Cl)ON=C2CCCCC21. The van der Waals surface area contributed by atoms with Gasteiger partial charge in [0, 0.05) is 0 Å². The minimum atomic E-state index is -1.86. The van der Waals surface area contributed by atoms with Crippen molar-refractivity contribution >= 4 is 40.5 Å². The van der Waals surface area contributed by atoms with E-state index in [2.05, 4.69) is 5.16 Å². The first-order chi connectivity index (χ1) is 6.45. The first-order valence-corrected chi connectivity index (χ1v) is 5.62. The van der Waals surface area contributed by atoms with Crippen LogP contribution < -0.4 is 0 Å². The molecular weight excluding hydrogens is 248 g/mol. The van der Waals surface area contributed by atoms with E-state index in [0.717, 1.165) is 31.4 Å². The summed E-state index contributed by atoms with van der Waals surface area (Å²) in [7, 11) is 0. The van der Waals surface area contributed by atoms with Crippen molar-refractivity contribution in [2.75, 3.05) is 0 Å². The molecule has 80 valence electrons. The molecule has 2 atom stereocenters. The zero-order chi connectivity index (χ0) is 10.4. The summed E-state index contributed by atoms with van der Waals surface area (Å²) in [5.41, 5.74) is 0.810. The number of fused-ring (bicyclic) bond motifs is 1. The predicted octanol–water partition coefficient (Wildman–Crippen LogP) is 2.62. The van der Waals surface area contributed by atoms with Gasteiger partial charge in [-0.15, -0.1) is 0 Å². The number of alkyl halides is 3. The maximum absolute atomic E-state index is 10.1. The van der Waals surface area contributed by atoms with E-state index in [9.17, 15) is 5.11 Å². The van der Waals surface area contributed by atoms with Crippen molar-refractivity contribution < 1.29 is 9.94 Å². The number of oxime groups is 1. The minimum Gasteiger partial charge on any atom is -0.355 e. The van der Waals surface area contributed by atoms with Crippen molar-refractivity contribution in [1.29, 1.82) is 0 Å². The van der Waals surface area contributed by atoms with Crippen LogP contribution in [-0.4, -0.2) is 20.4 Å². The summed E-state index contributed by atoms with van der Waals surface area (Å²) >= 11 is 17.0. The highest BCUT2D eigenvalue weighted by Crippen LogP contribution is 2.49. The molecule has 6 heteroatoms. The summed E-state index contributed by atoms with van der Waals surface area (Å²) in [5.74, 6) is -2.06. The van der Waals surface area contributed by atoms with Gasteiger partial charge >= 0.3 is 0 Å². The summed E-state index contributed by atoms with van der Waals surface area (Å²) in [6.45, 7) is 0. The van der Waals surface area contributed by atoms with E-state index in [1.807, 2.05) is 0 Å². The molecule has 0 aromatic rings. The monoisotopic (exact) mass is 257 g/mol. The largest absolute Gasteiger partial charge is 0.355 e. The molecule has 1 aliphatic heterocycles. The highest BCUT2D eigenvalue weighted by molar-refractivity contribution is 6.68. The van der Waals surface area contributed by atoms with Crippen LogP contribution in [0.15, 0.2) is 5.16 Å². The summed E-state index contributed by atoms with van der Waals surface area (Å²) in [6, 6.07) is 0. The average Bonchev–Trinajstić information content (AvgIpc) is 2.45. The number of aliphatic hydroxyl groups is 1. The predicted molar refractivity (Wildman–Crippen MR) is 55.7 cm³/mol. The van der Waals surface area contributed by atoms with Crippen LogP contribution in [0.3, 0.4) is 0 Å². The molecule has 3 nitrogen and oxygen atoms in total. The first-order valence-electron chi connectivity index (χ1n) is 4.49. The van der Waals surface area contributed by atoms with Gasteiger partial charge in [0.15, 0.2) is 0 Å². The van der Waals surface area contributed by atoms with Crippen molar-refractivity contribution in [3.8, 4) is 0 Å². The topological polar surface area (TPSA) is 41.8 Å². The summed E-state index contributed by atoms with van der Waals surface area (Å²) in [5, 5.41) is 13.9. The van der Waals surface area contributed by atoms with Crippen LogP contribution in [0.25, 0.3) is 0 Å². The Morgan fingerprint density at radius 2 is 2.14 bits per heavy atom. The van der Waals surface area contributed by atoms with Crippen molar-refractivity contribution in [1.82, 2.24) is 0 Å². The lowest BCUT2D eigenvalue weighted by atomic mass is 9.82. The Morgan fingerprint density at radius 3 is 2.79 bits per heavy atom. The molecule has 1 heterocycles. The second kappa shape index (κ2) is 3.41. The Labute approximate surface area is 96.9 Å². The van der Waals surface area contributed by atoms with E-state index in [0.29, 0.717) is 0 Å². The fraction of sp³-hybridized carbons (Fsp3) is 0.875. The molecule has 1 aliphatic carbocycles. The van der Waals surface area contributed by atoms with Gasteiger partial charge < -0.3 is 9.94 Å². The molecule has 1 saturated carbocycles. The Balaban J connectivity index is 2.25. The van der Waals surface area contributed by atoms with Gasteiger partial charge in [-0.1, -0.05) is 46.4 Å². The second-order valence-electron chi connectivity index (χ2n) is 3.67. The molecule has 2 aliphatic rings.